The van der Waals surface area contributed by atoms with Crippen LogP contribution in [0.2, 0.25) is 0 Å². The summed E-state index contributed by atoms with van der Waals surface area (Å²) in [5.41, 5.74) is 1.32. The van der Waals surface area contributed by atoms with Crippen LogP contribution >= 0.6 is 0 Å². The van der Waals surface area contributed by atoms with Crippen molar-refractivity contribution < 1.29 is 13.2 Å². The Hall–Kier alpha value is -2.62. The lowest BCUT2D eigenvalue weighted by molar-refractivity contribution is -0.146. The van der Waals surface area contributed by atoms with Gasteiger partial charge in [0.05, 0.1) is 0 Å². The van der Waals surface area contributed by atoms with E-state index in [1.807, 2.05) is 24.2 Å². The number of anilines is 1. The Morgan fingerprint density at radius 1 is 1.04 bits per heavy atom. The van der Waals surface area contributed by atoms with Crippen LogP contribution in [0.4, 0.5) is 19.0 Å². The van der Waals surface area contributed by atoms with E-state index in [-0.39, 0.29) is 5.65 Å². The SMILES string of the molecule is Cn1cccc1CN1CCN(c2ccc3nnc(C(F)(F)F)n3n2)CC1. The molecule has 1 aliphatic rings. The molecule has 0 spiro atoms. The number of nitrogens with zero attached hydrogens (tertiary/aromatic N) is 7. The lowest BCUT2D eigenvalue weighted by Gasteiger charge is -2.35. The topological polar surface area (TPSA) is 54.5 Å². The molecule has 10 heteroatoms. The molecule has 0 amide bonds. The van der Waals surface area contributed by atoms with Crippen molar-refractivity contribution in [2.45, 2.75) is 12.7 Å². The molecule has 7 nitrogen and oxygen atoms in total. The highest BCUT2D eigenvalue weighted by molar-refractivity contribution is 5.46. The van der Waals surface area contributed by atoms with Gasteiger partial charge in [-0.15, -0.1) is 15.3 Å². The van der Waals surface area contributed by atoms with Crippen LogP contribution in [0.5, 0.6) is 0 Å². The predicted molar refractivity (Wildman–Crippen MR) is 88.7 cm³/mol. The monoisotopic (exact) mass is 365 g/mol. The van der Waals surface area contributed by atoms with Gasteiger partial charge in [-0.1, -0.05) is 0 Å². The van der Waals surface area contributed by atoms with Gasteiger partial charge in [-0.3, -0.25) is 4.90 Å². The number of hydrogen-bond donors (Lipinski definition) is 0. The van der Waals surface area contributed by atoms with Gasteiger partial charge in [0.25, 0.3) is 5.82 Å². The van der Waals surface area contributed by atoms with E-state index in [1.165, 1.54) is 11.8 Å². The molecule has 4 heterocycles. The second-order valence-electron chi connectivity index (χ2n) is 6.36. The predicted octanol–water partition coefficient (Wildman–Crippen LogP) is 1.80. The van der Waals surface area contributed by atoms with Gasteiger partial charge in [-0.2, -0.15) is 17.7 Å². The largest absolute Gasteiger partial charge is 0.453 e. The van der Waals surface area contributed by atoms with Gasteiger partial charge in [0.2, 0.25) is 0 Å². The van der Waals surface area contributed by atoms with E-state index >= 15 is 0 Å². The number of halogens is 3. The highest BCUT2D eigenvalue weighted by Crippen LogP contribution is 2.28. The average molecular weight is 365 g/mol. The first-order valence-electron chi connectivity index (χ1n) is 8.29. The number of rotatable bonds is 3. The molecule has 0 unspecified atom stereocenters. The summed E-state index contributed by atoms with van der Waals surface area (Å²) in [7, 11) is 2.02. The molecule has 0 aromatic carbocycles. The van der Waals surface area contributed by atoms with Gasteiger partial charge in [-0.25, -0.2) is 0 Å². The van der Waals surface area contributed by atoms with Crippen LogP contribution < -0.4 is 4.90 Å². The molecule has 0 radical (unpaired) electrons. The lowest BCUT2D eigenvalue weighted by Crippen LogP contribution is -2.46. The van der Waals surface area contributed by atoms with E-state index in [9.17, 15) is 13.2 Å². The first kappa shape index (κ1) is 16.8. The van der Waals surface area contributed by atoms with Gasteiger partial charge in [0.1, 0.15) is 5.82 Å². The van der Waals surface area contributed by atoms with E-state index in [1.54, 1.807) is 6.07 Å². The molecular weight excluding hydrogens is 347 g/mol. The molecule has 3 aromatic heterocycles. The Bertz CT molecular complexity index is 906. The molecule has 138 valence electrons. The van der Waals surface area contributed by atoms with Gasteiger partial charge >= 0.3 is 6.18 Å². The van der Waals surface area contributed by atoms with Crippen molar-refractivity contribution in [3.8, 4) is 0 Å². The standard InChI is InChI=1S/C16H18F3N7/c1-23-6-2-3-12(23)11-24-7-9-25(10-8-24)14-5-4-13-20-21-15(16(17,18)19)26(13)22-14/h2-6H,7-11H2,1H3. The van der Waals surface area contributed by atoms with Crippen molar-refractivity contribution >= 4 is 11.5 Å². The molecule has 1 fully saturated rings. The van der Waals surface area contributed by atoms with Crippen molar-refractivity contribution in [1.29, 1.82) is 0 Å². The Balaban J connectivity index is 1.48. The van der Waals surface area contributed by atoms with Crippen LogP contribution in [0, 0.1) is 0 Å². The highest BCUT2D eigenvalue weighted by Gasteiger charge is 2.37. The van der Waals surface area contributed by atoms with E-state index in [0.717, 1.165) is 24.1 Å². The van der Waals surface area contributed by atoms with Crippen LogP contribution in [-0.2, 0) is 19.8 Å². The van der Waals surface area contributed by atoms with Crippen LogP contribution in [-0.4, -0.2) is 55.5 Å². The van der Waals surface area contributed by atoms with Crippen molar-refractivity contribution in [3.63, 3.8) is 0 Å². The third-order valence-electron chi connectivity index (χ3n) is 4.64. The summed E-state index contributed by atoms with van der Waals surface area (Å²) in [6.07, 6.45) is -2.57. The zero-order valence-corrected chi connectivity index (χ0v) is 14.2. The Labute approximate surface area is 147 Å². The van der Waals surface area contributed by atoms with Crippen molar-refractivity contribution in [2.24, 2.45) is 7.05 Å². The summed E-state index contributed by atoms with van der Waals surface area (Å²) in [6.45, 7) is 3.89. The molecule has 4 rings (SSSR count). The molecule has 0 bridgehead atoms. The maximum atomic E-state index is 13.0. The first-order chi connectivity index (χ1) is 12.4. The Kier molecular flexibility index (Phi) is 4.06. The molecule has 0 aliphatic carbocycles. The average Bonchev–Trinajstić information content (AvgIpc) is 3.21. The van der Waals surface area contributed by atoms with Crippen molar-refractivity contribution in [2.75, 3.05) is 31.1 Å². The van der Waals surface area contributed by atoms with Gasteiger partial charge < -0.3 is 9.47 Å². The summed E-state index contributed by atoms with van der Waals surface area (Å²) in [6, 6.07) is 7.31. The second kappa shape index (κ2) is 6.27. The third-order valence-corrected chi connectivity index (χ3v) is 4.64. The van der Waals surface area contributed by atoms with Gasteiger partial charge in [0.15, 0.2) is 5.65 Å². The Morgan fingerprint density at radius 3 is 2.46 bits per heavy atom. The number of piperazine rings is 1. The van der Waals surface area contributed by atoms with Gasteiger partial charge in [-0.05, 0) is 24.3 Å². The minimum absolute atomic E-state index is 0.0865. The smallest absolute Gasteiger partial charge is 0.353 e. The number of alkyl halides is 3. The second-order valence-corrected chi connectivity index (χ2v) is 6.36. The molecule has 0 atom stereocenters. The minimum atomic E-state index is -4.58. The zero-order chi connectivity index (χ0) is 18.3. The third kappa shape index (κ3) is 3.12. The van der Waals surface area contributed by atoms with Crippen molar-refractivity contribution in [3.05, 3.63) is 42.0 Å². The summed E-state index contributed by atoms with van der Waals surface area (Å²) in [5.74, 6) is -0.599. The maximum Gasteiger partial charge on any atom is 0.453 e. The van der Waals surface area contributed by atoms with E-state index in [0.29, 0.717) is 18.9 Å². The van der Waals surface area contributed by atoms with Crippen LogP contribution in [0.3, 0.4) is 0 Å². The first-order valence-corrected chi connectivity index (χ1v) is 8.29. The van der Waals surface area contributed by atoms with Gasteiger partial charge in [0, 0.05) is 51.7 Å². The zero-order valence-electron chi connectivity index (χ0n) is 14.2. The molecule has 0 saturated carbocycles. The van der Waals surface area contributed by atoms with Crippen LogP contribution in [0.25, 0.3) is 5.65 Å². The van der Waals surface area contributed by atoms with Crippen LogP contribution in [0.1, 0.15) is 11.5 Å². The van der Waals surface area contributed by atoms with Crippen LogP contribution in [0.15, 0.2) is 30.5 Å². The highest BCUT2D eigenvalue weighted by atomic mass is 19.4. The molecule has 1 saturated heterocycles. The molecule has 1 aliphatic heterocycles. The molecule has 3 aromatic rings. The fourth-order valence-corrected chi connectivity index (χ4v) is 3.15. The van der Waals surface area contributed by atoms with E-state index in [4.69, 9.17) is 0 Å². The Morgan fingerprint density at radius 2 is 1.81 bits per heavy atom. The molecule has 26 heavy (non-hydrogen) atoms. The van der Waals surface area contributed by atoms with Crippen molar-refractivity contribution in [1.82, 2.24) is 29.3 Å². The number of hydrogen-bond acceptors (Lipinski definition) is 5. The molecule has 0 N–H and O–H groups in total. The number of aryl methyl sites for hydroxylation is 1. The normalized spacial score (nSPS) is 16.5. The quantitative estimate of drug-likeness (QED) is 0.709. The summed E-state index contributed by atoms with van der Waals surface area (Å²) >= 11 is 0. The fraction of sp³-hybridized carbons (Fsp3) is 0.438. The summed E-state index contributed by atoms with van der Waals surface area (Å²) < 4.78 is 41.9. The maximum absolute atomic E-state index is 13.0. The van der Waals surface area contributed by atoms with E-state index < -0.39 is 12.0 Å². The summed E-state index contributed by atoms with van der Waals surface area (Å²) in [5, 5.41) is 10.9. The fourth-order valence-electron chi connectivity index (χ4n) is 3.15. The minimum Gasteiger partial charge on any atom is -0.353 e. The molecular formula is C16H18F3N7. The lowest BCUT2D eigenvalue weighted by atomic mass is 10.3. The number of aromatic nitrogens is 5. The van der Waals surface area contributed by atoms with E-state index in [2.05, 4.69) is 30.8 Å². The summed E-state index contributed by atoms with van der Waals surface area (Å²) in [4.78, 5) is 4.31. The number of fused-ring (bicyclic) bond motifs is 1.